The summed E-state index contributed by atoms with van der Waals surface area (Å²) in [5.74, 6) is 0.426. The lowest BCUT2D eigenvalue weighted by Crippen LogP contribution is -2.32. The van der Waals surface area contributed by atoms with E-state index in [2.05, 4.69) is 15.5 Å². The minimum Gasteiger partial charge on any atom is -0.463 e. The van der Waals surface area contributed by atoms with Crippen molar-refractivity contribution in [3.05, 3.63) is 29.7 Å². The zero-order chi connectivity index (χ0) is 13.9. The maximum atomic E-state index is 12.3. The Hall–Kier alpha value is -2.08. The van der Waals surface area contributed by atoms with Crippen LogP contribution in [0.2, 0.25) is 0 Å². The highest BCUT2D eigenvalue weighted by atomic mass is 16.5. The van der Waals surface area contributed by atoms with Crippen molar-refractivity contribution >= 4 is 5.91 Å². The molecule has 0 spiro atoms. The third kappa shape index (κ3) is 2.46. The summed E-state index contributed by atoms with van der Waals surface area (Å²) in [6.07, 6.45) is 3.74. The van der Waals surface area contributed by atoms with Crippen LogP contribution in [-0.4, -0.2) is 35.4 Å². The van der Waals surface area contributed by atoms with Gasteiger partial charge in [0.2, 0.25) is 0 Å². The third-order valence-corrected chi connectivity index (χ3v) is 3.44. The maximum Gasteiger partial charge on any atom is 0.255 e. The van der Waals surface area contributed by atoms with E-state index in [-0.39, 0.29) is 12.0 Å². The largest absolute Gasteiger partial charge is 0.463 e. The summed E-state index contributed by atoms with van der Waals surface area (Å²) < 4.78 is 10.8. The number of ether oxygens (including phenoxy) is 1. The van der Waals surface area contributed by atoms with Crippen molar-refractivity contribution in [2.45, 2.75) is 25.9 Å². The normalized spacial score (nSPS) is 18.4. The number of rotatable bonds is 4. The van der Waals surface area contributed by atoms with Crippen LogP contribution in [0.1, 0.15) is 28.9 Å². The average molecular weight is 275 g/mol. The van der Waals surface area contributed by atoms with Gasteiger partial charge in [-0.1, -0.05) is 0 Å². The number of nitrogens with one attached hydrogen (secondary N) is 2. The molecule has 1 aliphatic rings. The Morgan fingerprint density at radius 3 is 3.20 bits per heavy atom. The topological polar surface area (TPSA) is 80.2 Å². The van der Waals surface area contributed by atoms with E-state index in [9.17, 15) is 4.79 Å². The van der Waals surface area contributed by atoms with Gasteiger partial charge in [-0.05, 0) is 31.9 Å². The molecule has 3 rings (SSSR count). The van der Waals surface area contributed by atoms with E-state index in [0.717, 1.165) is 25.1 Å². The van der Waals surface area contributed by atoms with E-state index in [0.29, 0.717) is 23.6 Å². The fourth-order valence-corrected chi connectivity index (χ4v) is 2.40. The molecule has 20 heavy (non-hydrogen) atoms. The van der Waals surface area contributed by atoms with Gasteiger partial charge in [0.25, 0.3) is 5.91 Å². The first kappa shape index (κ1) is 12.9. The van der Waals surface area contributed by atoms with Crippen molar-refractivity contribution in [1.82, 2.24) is 15.5 Å². The SMILES string of the molecule is Cc1[nH]nc(-c2ccco2)c1C(=O)NCC1CCCO1. The Morgan fingerprint density at radius 1 is 1.60 bits per heavy atom. The number of carbonyl (C=O) groups excluding carboxylic acids is 1. The Labute approximate surface area is 116 Å². The van der Waals surface area contributed by atoms with Crippen LogP contribution in [0.3, 0.4) is 0 Å². The van der Waals surface area contributed by atoms with E-state index in [1.807, 2.05) is 6.92 Å². The molecule has 2 aromatic heterocycles. The first-order valence-electron chi connectivity index (χ1n) is 6.74. The minimum absolute atomic E-state index is 0.123. The Kier molecular flexibility index (Phi) is 3.56. The second-order valence-corrected chi connectivity index (χ2v) is 4.89. The van der Waals surface area contributed by atoms with Gasteiger partial charge >= 0.3 is 0 Å². The summed E-state index contributed by atoms with van der Waals surface area (Å²) in [5, 5.41) is 9.89. The third-order valence-electron chi connectivity index (χ3n) is 3.44. The van der Waals surface area contributed by atoms with E-state index < -0.39 is 0 Å². The second kappa shape index (κ2) is 5.50. The van der Waals surface area contributed by atoms with E-state index in [1.165, 1.54) is 0 Å². The summed E-state index contributed by atoms with van der Waals surface area (Å²) in [6.45, 7) is 3.13. The molecule has 1 saturated heterocycles. The Balaban J connectivity index is 1.75. The quantitative estimate of drug-likeness (QED) is 0.893. The van der Waals surface area contributed by atoms with Crippen molar-refractivity contribution in [1.29, 1.82) is 0 Å². The van der Waals surface area contributed by atoms with Crippen LogP contribution in [-0.2, 0) is 4.74 Å². The summed E-state index contributed by atoms with van der Waals surface area (Å²) >= 11 is 0. The standard InChI is InChI=1S/C14H17N3O3/c1-9-12(13(17-16-9)11-5-3-7-20-11)14(18)15-8-10-4-2-6-19-10/h3,5,7,10H,2,4,6,8H2,1H3,(H,15,18)(H,16,17). The van der Waals surface area contributed by atoms with Crippen LogP contribution in [0.15, 0.2) is 22.8 Å². The summed E-state index contributed by atoms with van der Waals surface area (Å²) in [5.41, 5.74) is 1.79. The number of H-pyrrole nitrogens is 1. The van der Waals surface area contributed by atoms with Crippen molar-refractivity contribution in [3.8, 4) is 11.5 Å². The number of aromatic amines is 1. The molecule has 1 amide bonds. The molecule has 2 N–H and O–H groups in total. The monoisotopic (exact) mass is 275 g/mol. The molecule has 2 aromatic rings. The lowest BCUT2D eigenvalue weighted by Gasteiger charge is -2.10. The number of carbonyl (C=O) groups is 1. The molecule has 0 aromatic carbocycles. The zero-order valence-electron chi connectivity index (χ0n) is 11.3. The predicted octanol–water partition coefficient (Wildman–Crippen LogP) is 1.89. The Morgan fingerprint density at radius 2 is 2.50 bits per heavy atom. The number of nitrogens with zero attached hydrogens (tertiary/aromatic N) is 1. The molecule has 3 heterocycles. The van der Waals surface area contributed by atoms with Crippen molar-refractivity contribution in [2.24, 2.45) is 0 Å². The molecule has 6 nitrogen and oxygen atoms in total. The second-order valence-electron chi connectivity index (χ2n) is 4.89. The first-order valence-corrected chi connectivity index (χ1v) is 6.74. The van der Waals surface area contributed by atoms with Gasteiger partial charge in [0.1, 0.15) is 5.69 Å². The Bertz CT molecular complexity index is 583. The molecule has 1 atom stereocenters. The molecule has 1 aliphatic heterocycles. The summed E-state index contributed by atoms with van der Waals surface area (Å²) in [7, 11) is 0. The molecule has 0 aliphatic carbocycles. The van der Waals surface area contributed by atoms with E-state index >= 15 is 0 Å². The van der Waals surface area contributed by atoms with Crippen LogP contribution in [0.4, 0.5) is 0 Å². The van der Waals surface area contributed by atoms with Crippen LogP contribution in [0.25, 0.3) is 11.5 Å². The van der Waals surface area contributed by atoms with E-state index in [1.54, 1.807) is 18.4 Å². The van der Waals surface area contributed by atoms with Gasteiger partial charge in [0.05, 0.1) is 17.9 Å². The van der Waals surface area contributed by atoms with Gasteiger partial charge in [0, 0.05) is 18.8 Å². The predicted molar refractivity (Wildman–Crippen MR) is 72.3 cm³/mol. The highest BCUT2D eigenvalue weighted by Crippen LogP contribution is 2.24. The average Bonchev–Trinajstić information content (AvgIpc) is 3.17. The molecule has 0 radical (unpaired) electrons. The van der Waals surface area contributed by atoms with Gasteiger partial charge in [-0.15, -0.1) is 0 Å². The van der Waals surface area contributed by atoms with Crippen molar-refractivity contribution < 1.29 is 13.9 Å². The van der Waals surface area contributed by atoms with Gasteiger partial charge in [-0.2, -0.15) is 5.10 Å². The molecule has 0 bridgehead atoms. The number of furan rings is 1. The molecular formula is C14H17N3O3. The van der Waals surface area contributed by atoms with Crippen molar-refractivity contribution in [2.75, 3.05) is 13.2 Å². The highest BCUT2D eigenvalue weighted by molar-refractivity contribution is 6.00. The number of aryl methyl sites for hydroxylation is 1. The zero-order valence-corrected chi connectivity index (χ0v) is 11.3. The van der Waals surface area contributed by atoms with Crippen LogP contribution < -0.4 is 5.32 Å². The number of hydrogen-bond acceptors (Lipinski definition) is 4. The van der Waals surface area contributed by atoms with Gasteiger partial charge < -0.3 is 14.5 Å². The first-order chi connectivity index (χ1) is 9.75. The fourth-order valence-electron chi connectivity index (χ4n) is 2.40. The van der Waals surface area contributed by atoms with Crippen LogP contribution >= 0.6 is 0 Å². The molecule has 1 fully saturated rings. The van der Waals surface area contributed by atoms with Crippen LogP contribution in [0.5, 0.6) is 0 Å². The highest BCUT2D eigenvalue weighted by Gasteiger charge is 2.22. The number of amides is 1. The van der Waals surface area contributed by atoms with Crippen LogP contribution in [0, 0.1) is 6.92 Å². The molecule has 1 unspecified atom stereocenters. The molecule has 0 saturated carbocycles. The van der Waals surface area contributed by atoms with Gasteiger partial charge in [0.15, 0.2) is 5.76 Å². The molecule has 106 valence electrons. The fraction of sp³-hybridized carbons (Fsp3) is 0.429. The minimum atomic E-state index is -0.154. The summed E-state index contributed by atoms with van der Waals surface area (Å²) in [4.78, 5) is 12.3. The lowest BCUT2D eigenvalue weighted by atomic mass is 10.1. The van der Waals surface area contributed by atoms with Crippen molar-refractivity contribution in [3.63, 3.8) is 0 Å². The van der Waals surface area contributed by atoms with Gasteiger partial charge in [-0.3, -0.25) is 9.89 Å². The van der Waals surface area contributed by atoms with E-state index in [4.69, 9.17) is 9.15 Å². The maximum absolute atomic E-state index is 12.3. The molecular weight excluding hydrogens is 258 g/mol. The molecule has 6 heteroatoms. The summed E-state index contributed by atoms with van der Waals surface area (Å²) in [6, 6.07) is 3.56. The van der Waals surface area contributed by atoms with Gasteiger partial charge in [-0.25, -0.2) is 0 Å². The number of aromatic nitrogens is 2. The smallest absolute Gasteiger partial charge is 0.255 e. The number of hydrogen-bond donors (Lipinski definition) is 2. The lowest BCUT2D eigenvalue weighted by molar-refractivity contribution is 0.0857.